The lowest BCUT2D eigenvalue weighted by atomic mass is 10.1. The lowest BCUT2D eigenvalue weighted by molar-refractivity contribution is -0.384. The fraction of sp³-hybridized carbons (Fsp3) is 0.333. The molecule has 0 atom stereocenters. The molecule has 0 saturated carbocycles. The number of carbonyl (C=O) groups excluding carboxylic acids is 2. The summed E-state index contributed by atoms with van der Waals surface area (Å²) in [4.78, 5) is 35.3. The summed E-state index contributed by atoms with van der Waals surface area (Å²) in [7, 11) is 0. The highest BCUT2D eigenvalue weighted by Gasteiger charge is 2.17. The molecule has 0 aliphatic carbocycles. The number of nitro benzene ring substituents is 1. The average molecular weight is 536 g/mol. The molecule has 0 amide bonds. The first kappa shape index (κ1) is 29.2. The maximum Gasteiger partial charge on any atom is 0.343 e. The second-order valence-corrected chi connectivity index (χ2v) is 9.06. The normalized spacial score (nSPS) is 10.6. The molecule has 0 unspecified atom stereocenters. The van der Waals surface area contributed by atoms with Crippen LogP contribution in [0.2, 0.25) is 0 Å². The Bertz CT molecular complexity index is 1240. The molecule has 0 aromatic heterocycles. The van der Waals surface area contributed by atoms with Gasteiger partial charge in [0.05, 0.1) is 17.1 Å². The summed E-state index contributed by atoms with van der Waals surface area (Å²) in [6, 6.07) is 15.9. The van der Waals surface area contributed by atoms with Gasteiger partial charge in [-0.2, -0.15) is 0 Å². The average Bonchev–Trinajstić information content (AvgIpc) is 2.94. The summed E-state index contributed by atoms with van der Waals surface area (Å²) in [5.74, 6) is -1.10. The molecule has 3 aromatic rings. The molecule has 206 valence electrons. The Morgan fingerprint density at radius 3 is 2.13 bits per heavy atom. The van der Waals surface area contributed by atoms with E-state index < -0.39 is 16.9 Å². The minimum absolute atomic E-state index is 0.0550. The van der Waals surface area contributed by atoms with Crippen LogP contribution in [0.25, 0.3) is 0 Å². The van der Waals surface area contributed by atoms with Crippen LogP contribution < -0.4 is 9.47 Å². The number of nitro groups is 1. The van der Waals surface area contributed by atoms with E-state index in [4.69, 9.17) is 14.2 Å². The fourth-order valence-electron chi connectivity index (χ4n) is 3.79. The van der Waals surface area contributed by atoms with E-state index in [-0.39, 0.29) is 29.4 Å². The Balaban J connectivity index is 1.48. The Labute approximate surface area is 227 Å². The zero-order valence-corrected chi connectivity index (χ0v) is 22.0. The first-order valence-electron chi connectivity index (χ1n) is 13.1. The fourth-order valence-corrected chi connectivity index (χ4v) is 3.79. The molecule has 0 aliphatic heterocycles. The molecule has 1 N–H and O–H groups in total. The van der Waals surface area contributed by atoms with Gasteiger partial charge >= 0.3 is 11.9 Å². The summed E-state index contributed by atoms with van der Waals surface area (Å²) in [6.45, 7) is 2.66. The van der Waals surface area contributed by atoms with Crippen LogP contribution in [0.1, 0.15) is 78.1 Å². The minimum Gasteiger partial charge on any atom is -0.507 e. The van der Waals surface area contributed by atoms with Crippen molar-refractivity contribution in [1.29, 1.82) is 0 Å². The van der Waals surface area contributed by atoms with Crippen molar-refractivity contribution in [2.24, 2.45) is 0 Å². The maximum absolute atomic E-state index is 12.6. The Morgan fingerprint density at radius 1 is 0.821 bits per heavy atom. The molecule has 0 heterocycles. The highest BCUT2D eigenvalue weighted by Crippen LogP contribution is 2.25. The van der Waals surface area contributed by atoms with Crippen LogP contribution in [-0.2, 0) is 11.3 Å². The van der Waals surface area contributed by atoms with Gasteiger partial charge in [0.1, 0.15) is 29.4 Å². The number of non-ortho nitro benzene ring substituents is 1. The van der Waals surface area contributed by atoms with Crippen molar-refractivity contribution in [3.05, 3.63) is 93.5 Å². The van der Waals surface area contributed by atoms with Gasteiger partial charge in [0.25, 0.3) is 5.69 Å². The first-order valence-corrected chi connectivity index (χ1v) is 13.1. The Hall–Kier alpha value is -4.40. The number of esters is 2. The van der Waals surface area contributed by atoms with E-state index in [9.17, 15) is 24.8 Å². The maximum atomic E-state index is 12.6. The molecule has 3 rings (SSSR count). The van der Waals surface area contributed by atoms with E-state index in [1.54, 1.807) is 24.3 Å². The van der Waals surface area contributed by atoms with Gasteiger partial charge in [-0.05, 0) is 66.6 Å². The molecule has 3 aromatic carbocycles. The van der Waals surface area contributed by atoms with Crippen LogP contribution in [0.4, 0.5) is 5.69 Å². The lowest BCUT2D eigenvalue weighted by Gasteiger charge is -2.10. The van der Waals surface area contributed by atoms with Crippen LogP contribution >= 0.6 is 0 Å². The number of nitrogens with zero attached hydrogens (tertiary/aromatic N) is 1. The van der Waals surface area contributed by atoms with E-state index >= 15 is 0 Å². The van der Waals surface area contributed by atoms with Gasteiger partial charge in [-0.25, -0.2) is 9.59 Å². The molecule has 9 nitrogen and oxygen atoms in total. The molecule has 0 bridgehead atoms. The number of rotatable bonds is 15. The largest absolute Gasteiger partial charge is 0.507 e. The second-order valence-electron chi connectivity index (χ2n) is 9.06. The van der Waals surface area contributed by atoms with Crippen molar-refractivity contribution in [1.82, 2.24) is 0 Å². The van der Waals surface area contributed by atoms with Gasteiger partial charge in [0.2, 0.25) is 0 Å². The molecule has 0 aliphatic rings. The van der Waals surface area contributed by atoms with Gasteiger partial charge < -0.3 is 19.3 Å². The standard InChI is InChI=1S/C30H33NO8/c1-2-3-4-5-6-7-8-19-37-25-15-11-23(12-16-25)29(33)39-26-17-18-28(32)27(20-26)30(34)38-21-22-9-13-24(14-10-22)31(35)36/h9-18,20,32H,2-8,19,21H2,1H3. The second kappa shape index (κ2) is 15.1. The predicted octanol–water partition coefficient (Wildman–Crippen LogP) is 7.01. The molecular formula is C30H33NO8. The van der Waals surface area contributed by atoms with Gasteiger partial charge in [0.15, 0.2) is 0 Å². The molecule has 0 radical (unpaired) electrons. The minimum atomic E-state index is -0.841. The zero-order valence-electron chi connectivity index (χ0n) is 22.0. The molecule has 0 spiro atoms. The Kier molecular flexibility index (Phi) is 11.3. The lowest BCUT2D eigenvalue weighted by Crippen LogP contribution is -2.10. The van der Waals surface area contributed by atoms with Crippen LogP contribution in [-0.4, -0.2) is 28.6 Å². The third-order valence-corrected chi connectivity index (χ3v) is 6.02. The number of ether oxygens (including phenoxy) is 3. The summed E-state index contributed by atoms with van der Waals surface area (Å²) in [6.07, 6.45) is 8.40. The van der Waals surface area contributed by atoms with Crippen molar-refractivity contribution in [3.8, 4) is 17.2 Å². The van der Waals surface area contributed by atoms with E-state index in [0.717, 1.165) is 12.8 Å². The SMILES string of the molecule is CCCCCCCCCOc1ccc(C(=O)Oc2ccc(O)c(C(=O)OCc3ccc([N+](=O)[O-])cc3)c2)cc1. The predicted molar refractivity (Wildman–Crippen MR) is 145 cm³/mol. The number of benzene rings is 3. The van der Waals surface area contributed by atoms with Gasteiger partial charge in [-0.15, -0.1) is 0 Å². The Morgan fingerprint density at radius 2 is 1.46 bits per heavy atom. The smallest absolute Gasteiger partial charge is 0.343 e. The molecule has 0 saturated heterocycles. The van der Waals surface area contributed by atoms with E-state index in [2.05, 4.69) is 6.92 Å². The summed E-state index contributed by atoms with van der Waals surface area (Å²) in [5, 5.41) is 20.9. The van der Waals surface area contributed by atoms with E-state index in [0.29, 0.717) is 23.5 Å². The quantitative estimate of drug-likeness (QED) is 0.0724. The number of phenols is 1. The van der Waals surface area contributed by atoms with Gasteiger partial charge in [0, 0.05) is 12.1 Å². The summed E-state index contributed by atoms with van der Waals surface area (Å²) in [5.41, 5.74) is 0.568. The third kappa shape index (κ3) is 9.45. The number of carbonyl (C=O) groups is 2. The van der Waals surface area contributed by atoms with Crippen LogP contribution in [0.5, 0.6) is 17.2 Å². The molecule has 9 heteroatoms. The van der Waals surface area contributed by atoms with Crippen molar-refractivity contribution < 1.29 is 33.8 Å². The zero-order chi connectivity index (χ0) is 28.0. The summed E-state index contributed by atoms with van der Waals surface area (Å²) < 4.78 is 16.3. The number of phenolic OH excluding ortho intramolecular Hbond substituents is 1. The number of hydrogen-bond donors (Lipinski definition) is 1. The molecule has 39 heavy (non-hydrogen) atoms. The van der Waals surface area contributed by atoms with Crippen molar-refractivity contribution in [3.63, 3.8) is 0 Å². The van der Waals surface area contributed by atoms with Crippen LogP contribution in [0.3, 0.4) is 0 Å². The van der Waals surface area contributed by atoms with Crippen LogP contribution in [0.15, 0.2) is 66.7 Å². The highest BCUT2D eigenvalue weighted by molar-refractivity contribution is 5.94. The molecular weight excluding hydrogens is 502 g/mol. The van der Waals surface area contributed by atoms with Gasteiger partial charge in [-0.3, -0.25) is 10.1 Å². The number of unbranched alkanes of at least 4 members (excludes halogenated alkanes) is 6. The van der Waals surface area contributed by atoms with Crippen LogP contribution in [0, 0.1) is 10.1 Å². The third-order valence-electron chi connectivity index (χ3n) is 6.02. The molecule has 0 fully saturated rings. The summed E-state index contributed by atoms with van der Waals surface area (Å²) >= 11 is 0. The van der Waals surface area contributed by atoms with Crippen molar-refractivity contribution >= 4 is 17.6 Å². The van der Waals surface area contributed by atoms with Crippen molar-refractivity contribution in [2.75, 3.05) is 6.61 Å². The van der Waals surface area contributed by atoms with Gasteiger partial charge in [-0.1, -0.05) is 45.4 Å². The first-order chi connectivity index (χ1) is 18.9. The number of hydrogen-bond acceptors (Lipinski definition) is 8. The van der Waals surface area contributed by atoms with E-state index in [1.165, 1.54) is 74.6 Å². The topological polar surface area (TPSA) is 125 Å². The van der Waals surface area contributed by atoms with E-state index in [1.807, 2.05) is 0 Å². The monoisotopic (exact) mass is 535 g/mol. The highest BCUT2D eigenvalue weighted by atomic mass is 16.6. The number of aromatic hydroxyl groups is 1. The van der Waals surface area contributed by atoms with Crippen molar-refractivity contribution in [2.45, 2.75) is 58.5 Å².